The van der Waals surface area contributed by atoms with E-state index >= 15 is 0 Å². The first-order valence-corrected chi connectivity index (χ1v) is 5.71. The maximum Gasteiger partial charge on any atom is 0.374 e. The van der Waals surface area contributed by atoms with Crippen molar-refractivity contribution in [3.63, 3.8) is 0 Å². The fourth-order valence-electron chi connectivity index (χ4n) is 1.50. The number of rotatable bonds is 4. The van der Waals surface area contributed by atoms with Gasteiger partial charge in [-0.3, -0.25) is 0 Å². The molecule has 1 aromatic carbocycles. The average Bonchev–Trinajstić information content (AvgIpc) is 2.35. The van der Waals surface area contributed by atoms with Crippen LogP contribution in [0.25, 0.3) is 10.9 Å². The summed E-state index contributed by atoms with van der Waals surface area (Å²) in [6.45, 7) is 4.52. The predicted octanol–water partition coefficient (Wildman–Crippen LogP) is 2.36. The third-order valence-corrected chi connectivity index (χ3v) is 2.31. The van der Waals surface area contributed by atoms with Crippen molar-refractivity contribution >= 4 is 16.9 Å². The summed E-state index contributed by atoms with van der Waals surface area (Å²) < 4.78 is 5.56. The van der Waals surface area contributed by atoms with Gasteiger partial charge in [-0.2, -0.15) is 4.98 Å². The van der Waals surface area contributed by atoms with E-state index in [1.807, 2.05) is 26.0 Å². The highest BCUT2D eigenvalue weighted by Gasteiger charge is 2.13. The van der Waals surface area contributed by atoms with Crippen molar-refractivity contribution in [2.24, 2.45) is 5.92 Å². The highest BCUT2D eigenvalue weighted by atomic mass is 16.5. The summed E-state index contributed by atoms with van der Waals surface area (Å²) in [5.41, 5.74) is 0.573. The smallest absolute Gasteiger partial charge is 0.374 e. The molecule has 0 aliphatic carbocycles. The molecule has 0 aliphatic rings. The van der Waals surface area contributed by atoms with E-state index in [4.69, 9.17) is 9.84 Å². The molecule has 94 valence electrons. The molecule has 1 heterocycles. The first kappa shape index (κ1) is 12.3. The Balaban J connectivity index is 2.50. The largest absolute Gasteiger partial charge is 0.477 e. The molecular weight excluding hydrogens is 232 g/mol. The van der Waals surface area contributed by atoms with Crippen LogP contribution in [0.5, 0.6) is 5.88 Å². The van der Waals surface area contributed by atoms with Crippen LogP contribution in [-0.2, 0) is 0 Å². The molecule has 18 heavy (non-hydrogen) atoms. The van der Waals surface area contributed by atoms with Gasteiger partial charge in [-0.05, 0) is 18.1 Å². The maximum absolute atomic E-state index is 11.0. The standard InChI is InChI=1S/C13H14N2O3/c1-8(2)7-18-12-9-5-3-4-6-10(9)14-11(15-12)13(16)17/h3-6,8H,7H2,1-2H3,(H,16,17). The Labute approximate surface area is 104 Å². The number of benzene rings is 1. The first-order chi connectivity index (χ1) is 8.58. The Hall–Kier alpha value is -2.17. The zero-order valence-corrected chi connectivity index (χ0v) is 10.3. The molecule has 0 aliphatic heterocycles. The van der Waals surface area contributed by atoms with Gasteiger partial charge in [-0.15, -0.1) is 0 Å². The van der Waals surface area contributed by atoms with Crippen LogP contribution in [0.3, 0.4) is 0 Å². The highest BCUT2D eigenvalue weighted by Crippen LogP contribution is 2.22. The molecular formula is C13H14N2O3. The Bertz CT molecular complexity index is 581. The summed E-state index contributed by atoms with van der Waals surface area (Å²) >= 11 is 0. The number of nitrogens with zero attached hydrogens (tertiary/aromatic N) is 2. The van der Waals surface area contributed by atoms with Crippen LogP contribution >= 0.6 is 0 Å². The molecule has 2 aromatic rings. The lowest BCUT2D eigenvalue weighted by Gasteiger charge is -2.10. The summed E-state index contributed by atoms with van der Waals surface area (Å²) in [5, 5.41) is 9.69. The van der Waals surface area contributed by atoms with Gasteiger partial charge < -0.3 is 9.84 Å². The van der Waals surface area contributed by atoms with E-state index in [-0.39, 0.29) is 5.82 Å². The van der Waals surface area contributed by atoms with Crippen LogP contribution in [0.15, 0.2) is 24.3 Å². The highest BCUT2D eigenvalue weighted by molar-refractivity contribution is 5.89. The van der Waals surface area contributed by atoms with E-state index in [0.717, 1.165) is 5.39 Å². The van der Waals surface area contributed by atoms with E-state index in [9.17, 15) is 4.79 Å². The minimum absolute atomic E-state index is 0.243. The molecule has 0 bridgehead atoms. The average molecular weight is 246 g/mol. The summed E-state index contributed by atoms with van der Waals surface area (Å²) in [7, 11) is 0. The van der Waals surface area contributed by atoms with Gasteiger partial charge in [-0.1, -0.05) is 26.0 Å². The molecule has 0 amide bonds. The van der Waals surface area contributed by atoms with Gasteiger partial charge in [0.1, 0.15) is 0 Å². The van der Waals surface area contributed by atoms with Crippen LogP contribution in [0.1, 0.15) is 24.5 Å². The Morgan fingerprint density at radius 2 is 2.06 bits per heavy atom. The molecule has 0 saturated carbocycles. The Kier molecular flexibility index (Phi) is 3.41. The lowest BCUT2D eigenvalue weighted by Crippen LogP contribution is -2.10. The first-order valence-electron chi connectivity index (χ1n) is 5.71. The lowest BCUT2D eigenvalue weighted by molar-refractivity contribution is 0.0682. The molecule has 0 unspecified atom stereocenters. The number of hydrogen-bond acceptors (Lipinski definition) is 4. The second-order valence-electron chi connectivity index (χ2n) is 4.38. The maximum atomic E-state index is 11.0. The fraction of sp³-hybridized carbons (Fsp3) is 0.308. The molecule has 0 radical (unpaired) electrons. The van der Waals surface area contributed by atoms with Crippen molar-refractivity contribution in [1.29, 1.82) is 0 Å². The summed E-state index contributed by atoms with van der Waals surface area (Å²) in [4.78, 5) is 18.9. The normalized spacial score (nSPS) is 10.8. The van der Waals surface area contributed by atoms with Crippen molar-refractivity contribution in [3.05, 3.63) is 30.1 Å². The number of ether oxygens (including phenoxy) is 1. The van der Waals surface area contributed by atoms with Gasteiger partial charge >= 0.3 is 5.97 Å². The number of para-hydroxylation sites is 1. The number of aromatic nitrogens is 2. The van der Waals surface area contributed by atoms with Crippen molar-refractivity contribution in [1.82, 2.24) is 9.97 Å². The second-order valence-corrected chi connectivity index (χ2v) is 4.38. The van der Waals surface area contributed by atoms with E-state index in [0.29, 0.717) is 23.9 Å². The number of carbonyl (C=O) groups is 1. The van der Waals surface area contributed by atoms with Gasteiger partial charge in [0.25, 0.3) is 0 Å². The van der Waals surface area contributed by atoms with Crippen molar-refractivity contribution in [3.8, 4) is 5.88 Å². The molecule has 2 rings (SSSR count). The molecule has 0 spiro atoms. The van der Waals surface area contributed by atoms with E-state index < -0.39 is 5.97 Å². The number of fused-ring (bicyclic) bond motifs is 1. The number of aromatic carboxylic acids is 1. The van der Waals surface area contributed by atoms with Gasteiger partial charge in [0.15, 0.2) is 0 Å². The second kappa shape index (κ2) is 5.00. The van der Waals surface area contributed by atoms with Crippen molar-refractivity contribution in [2.75, 3.05) is 6.61 Å². The van der Waals surface area contributed by atoms with Gasteiger partial charge in [0, 0.05) is 0 Å². The van der Waals surface area contributed by atoms with Gasteiger partial charge in [-0.25, -0.2) is 9.78 Å². The molecule has 0 fully saturated rings. The quantitative estimate of drug-likeness (QED) is 0.896. The third kappa shape index (κ3) is 2.56. The van der Waals surface area contributed by atoms with E-state index in [1.165, 1.54) is 0 Å². The van der Waals surface area contributed by atoms with Crippen LogP contribution in [0.2, 0.25) is 0 Å². The lowest BCUT2D eigenvalue weighted by atomic mass is 10.2. The minimum Gasteiger partial charge on any atom is -0.477 e. The van der Waals surface area contributed by atoms with Gasteiger partial charge in [0.2, 0.25) is 11.7 Å². The third-order valence-electron chi connectivity index (χ3n) is 2.31. The monoisotopic (exact) mass is 246 g/mol. The summed E-state index contributed by atoms with van der Waals surface area (Å²) in [5.74, 6) is -0.735. The van der Waals surface area contributed by atoms with Crippen LogP contribution < -0.4 is 4.74 Å². The van der Waals surface area contributed by atoms with E-state index in [2.05, 4.69) is 9.97 Å². The molecule has 1 N–H and O–H groups in total. The topological polar surface area (TPSA) is 72.3 Å². The summed E-state index contributed by atoms with van der Waals surface area (Å²) in [6, 6.07) is 7.20. The van der Waals surface area contributed by atoms with Crippen LogP contribution in [0.4, 0.5) is 0 Å². The Morgan fingerprint density at radius 3 is 2.72 bits per heavy atom. The van der Waals surface area contributed by atoms with Crippen LogP contribution in [-0.4, -0.2) is 27.7 Å². The summed E-state index contributed by atoms with van der Waals surface area (Å²) in [6.07, 6.45) is 0. The predicted molar refractivity (Wildman–Crippen MR) is 66.8 cm³/mol. The number of hydrogen-bond donors (Lipinski definition) is 1. The van der Waals surface area contributed by atoms with Crippen LogP contribution in [0, 0.1) is 5.92 Å². The van der Waals surface area contributed by atoms with E-state index in [1.54, 1.807) is 12.1 Å². The zero-order chi connectivity index (χ0) is 13.1. The van der Waals surface area contributed by atoms with Gasteiger partial charge in [0.05, 0.1) is 17.5 Å². The Morgan fingerprint density at radius 1 is 1.33 bits per heavy atom. The van der Waals surface area contributed by atoms with Crippen molar-refractivity contribution in [2.45, 2.75) is 13.8 Å². The number of carboxylic acid groups (broad SMARTS) is 1. The molecule has 0 saturated heterocycles. The zero-order valence-electron chi connectivity index (χ0n) is 10.3. The van der Waals surface area contributed by atoms with Crippen molar-refractivity contribution < 1.29 is 14.6 Å². The fourth-order valence-corrected chi connectivity index (χ4v) is 1.50. The molecule has 1 aromatic heterocycles. The SMILES string of the molecule is CC(C)COc1nc(C(=O)O)nc2ccccc12. The minimum atomic E-state index is -1.16. The molecule has 0 atom stereocenters. The number of carboxylic acids is 1. The molecule has 5 nitrogen and oxygen atoms in total. The molecule has 5 heteroatoms.